The first kappa shape index (κ1) is 13.4. The second kappa shape index (κ2) is 5.13. The van der Waals surface area contributed by atoms with Gasteiger partial charge in [0.15, 0.2) is 0 Å². The molecule has 1 aromatic heterocycles. The summed E-state index contributed by atoms with van der Waals surface area (Å²) in [7, 11) is -3.65. The Bertz CT molecular complexity index is 382. The highest BCUT2D eigenvalue weighted by atomic mass is 31.2. The predicted molar refractivity (Wildman–Crippen MR) is 60.3 cm³/mol. The lowest BCUT2D eigenvalue weighted by Gasteiger charge is -2.15. The Hall–Kier alpha value is -0.640. The monoisotopic (exact) mass is 247 g/mol. The molecule has 0 bridgehead atoms. The van der Waals surface area contributed by atoms with Gasteiger partial charge >= 0.3 is 7.60 Å². The molecule has 1 rings (SSSR count). The van der Waals surface area contributed by atoms with Crippen LogP contribution in [-0.2, 0) is 15.3 Å². The third kappa shape index (κ3) is 3.74. The highest BCUT2D eigenvalue weighted by Gasteiger charge is 2.25. The van der Waals surface area contributed by atoms with Gasteiger partial charge in [-0.15, -0.1) is 0 Å². The van der Waals surface area contributed by atoms with Crippen LogP contribution in [0.25, 0.3) is 0 Å². The van der Waals surface area contributed by atoms with E-state index in [0.29, 0.717) is 12.2 Å². The average molecular weight is 247 g/mol. The maximum absolute atomic E-state index is 11.7. The summed E-state index contributed by atoms with van der Waals surface area (Å²) in [6.45, 7) is 7.21. The molecular weight excluding hydrogens is 229 g/mol. The number of aryl methyl sites for hydroxylation is 2. The van der Waals surface area contributed by atoms with Gasteiger partial charge in [-0.1, -0.05) is 6.92 Å². The molecule has 0 fully saturated rings. The molecule has 0 saturated heterocycles. The van der Waals surface area contributed by atoms with Gasteiger partial charge in [0.25, 0.3) is 0 Å². The summed E-state index contributed by atoms with van der Waals surface area (Å²) in [5.74, 6) is 0.919. The predicted octanol–water partition coefficient (Wildman–Crippen LogP) is 2.79. The van der Waals surface area contributed by atoms with Crippen molar-refractivity contribution >= 4 is 7.60 Å². The fraction of sp³-hybridized carbons (Fsp3) is 0.700. The van der Waals surface area contributed by atoms with E-state index >= 15 is 0 Å². The molecule has 0 aliphatic carbocycles. The van der Waals surface area contributed by atoms with Crippen molar-refractivity contribution in [1.29, 1.82) is 0 Å². The number of hydrogen-bond donors (Lipinski definition) is 1. The molecule has 92 valence electrons. The number of hydrogen-bond acceptors (Lipinski definition) is 4. The molecule has 0 aliphatic heterocycles. The molecule has 0 radical (unpaired) electrons. The minimum Gasteiger partial charge on any atom is -0.445 e. The number of nitrogens with zero attached hydrogens (tertiary/aromatic N) is 1. The van der Waals surface area contributed by atoms with Gasteiger partial charge in [-0.2, -0.15) is 0 Å². The van der Waals surface area contributed by atoms with Crippen LogP contribution >= 0.6 is 7.60 Å². The van der Waals surface area contributed by atoms with Crippen LogP contribution in [0.5, 0.6) is 0 Å². The van der Waals surface area contributed by atoms with Crippen LogP contribution in [0.3, 0.4) is 0 Å². The maximum Gasteiger partial charge on any atom is 0.337 e. The Morgan fingerprint density at radius 1 is 1.56 bits per heavy atom. The van der Waals surface area contributed by atoms with Crippen molar-refractivity contribution in [2.24, 2.45) is 0 Å². The van der Waals surface area contributed by atoms with Gasteiger partial charge in [-0.25, -0.2) is 4.98 Å². The summed E-state index contributed by atoms with van der Waals surface area (Å²) in [5, 5.41) is 0. The number of rotatable bonds is 5. The molecule has 0 amide bonds. The molecular formula is C10H18NO4P. The third-order valence-electron chi connectivity index (χ3n) is 2.33. The Labute approximate surface area is 95.4 Å². The van der Waals surface area contributed by atoms with Crippen molar-refractivity contribution in [3.05, 3.63) is 17.3 Å². The average Bonchev–Trinajstić information content (AvgIpc) is 2.43. The standard InChI is InChI=1S/C10H18NO4P/c1-5-7(2)15-16(12,13)6-10-11-8(3)9(4)14-10/h7H,5-6H2,1-4H3,(H,12,13). The topological polar surface area (TPSA) is 72.6 Å². The molecule has 5 nitrogen and oxygen atoms in total. The fourth-order valence-corrected chi connectivity index (χ4v) is 2.43. The SMILES string of the molecule is CCC(C)OP(=O)(O)Cc1nc(C)c(C)o1. The molecule has 2 unspecified atom stereocenters. The highest BCUT2D eigenvalue weighted by Crippen LogP contribution is 2.47. The first-order valence-electron chi connectivity index (χ1n) is 5.27. The highest BCUT2D eigenvalue weighted by molar-refractivity contribution is 7.51. The van der Waals surface area contributed by atoms with Crippen LogP contribution in [0.15, 0.2) is 4.42 Å². The van der Waals surface area contributed by atoms with Crippen LogP contribution in [0.1, 0.15) is 37.6 Å². The van der Waals surface area contributed by atoms with Gasteiger partial charge in [-0.05, 0) is 27.2 Å². The van der Waals surface area contributed by atoms with E-state index in [2.05, 4.69) is 4.98 Å². The largest absolute Gasteiger partial charge is 0.445 e. The Kier molecular flexibility index (Phi) is 4.30. The summed E-state index contributed by atoms with van der Waals surface area (Å²) in [5.41, 5.74) is 0.735. The summed E-state index contributed by atoms with van der Waals surface area (Å²) in [6.07, 6.45) is 0.271. The zero-order valence-corrected chi connectivity index (χ0v) is 11.0. The smallest absolute Gasteiger partial charge is 0.337 e. The molecule has 0 spiro atoms. The van der Waals surface area contributed by atoms with E-state index in [1.165, 1.54) is 0 Å². The lowest BCUT2D eigenvalue weighted by atomic mass is 10.3. The van der Waals surface area contributed by atoms with Crippen molar-refractivity contribution in [1.82, 2.24) is 4.98 Å². The Morgan fingerprint density at radius 2 is 2.19 bits per heavy atom. The molecule has 0 saturated carbocycles. The molecule has 6 heteroatoms. The van der Waals surface area contributed by atoms with Gasteiger partial charge in [-0.3, -0.25) is 4.57 Å². The zero-order valence-electron chi connectivity index (χ0n) is 10.1. The zero-order chi connectivity index (χ0) is 12.3. The van der Waals surface area contributed by atoms with Crippen LogP contribution in [0, 0.1) is 13.8 Å². The normalized spacial score (nSPS) is 17.1. The van der Waals surface area contributed by atoms with E-state index in [9.17, 15) is 9.46 Å². The molecule has 2 atom stereocenters. The van der Waals surface area contributed by atoms with Gasteiger partial charge < -0.3 is 13.8 Å². The molecule has 0 aromatic carbocycles. The lowest BCUT2D eigenvalue weighted by Crippen LogP contribution is -2.05. The first-order valence-corrected chi connectivity index (χ1v) is 7.03. The quantitative estimate of drug-likeness (QED) is 0.810. The number of oxazole rings is 1. The lowest BCUT2D eigenvalue weighted by molar-refractivity contribution is 0.183. The van der Waals surface area contributed by atoms with E-state index in [1.807, 2.05) is 6.92 Å². The van der Waals surface area contributed by atoms with Crippen molar-refractivity contribution in [2.75, 3.05) is 0 Å². The van der Waals surface area contributed by atoms with Crippen LogP contribution in [0.2, 0.25) is 0 Å². The van der Waals surface area contributed by atoms with Gasteiger partial charge in [0, 0.05) is 0 Å². The van der Waals surface area contributed by atoms with Crippen molar-refractivity contribution in [3.8, 4) is 0 Å². The second-order valence-electron chi connectivity index (χ2n) is 3.87. The van der Waals surface area contributed by atoms with Gasteiger partial charge in [0.1, 0.15) is 11.9 Å². The van der Waals surface area contributed by atoms with Gasteiger partial charge in [0.2, 0.25) is 5.89 Å². The van der Waals surface area contributed by atoms with Crippen LogP contribution in [0.4, 0.5) is 0 Å². The van der Waals surface area contributed by atoms with Crippen LogP contribution in [-0.4, -0.2) is 16.0 Å². The van der Waals surface area contributed by atoms with E-state index in [-0.39, 0.29) is 18.2 Å². The minimum absolute atomic E-state index is 0.175. The summed E-state index contributed by atoms with van der Waals surface area (Å²) < 4.78 is 22.0. The molecule has 1 heterocycles. The third-order valence-corrected chi connectivity index (χ3v) is 3.69. The number of aromatic nitrogens is 1. The fourth-order valence-electron chi connectivity index (χ4n) is 1.17. The van der Waals surface area contributed by atoms with E-state index < -0.39 is 7.60 Å². The molecule has 16 heavy (non-hydrogen) atoms. The van der Waals surface area contributed by atoms with Crippen LogP contribution < -0.4 is 0 Å². The minimum atomic E-state index is -3.65. The maximum atomic E-state index is 11.7. The second-order valence-corrected chi connectivity index (χ2v) is 5.67. The van der Waals surface area contributed by atoms with Crippen molar-refractivity contribution < 1.29 is 18.4 Å². The molecule has 1 aromatic rings. The summed E-state index contributed by atoms with van der Waals surface area (Å²) in [6, 6.07) is 0. The van der Waals surface area contributed by atoms with E-state index in [0.717, 1.165) is 5.69 Å². The summed E-state index contributed by atoms with van der Waals surface area (Å²) in [4.78, 5) is 13.7. The van der Waals surface area contributed by atoms with Gasteiger partial charge in [0.05, 0.1) is 11.8 Å². The van der Waals surface area contributed by atoms with Crippen molar-refractivity contribution in [2.45, 2.75) is 46.4 Å². The van der Waals surface area contributed by atoms with E-state index in [1.54, 1.807) is 20.8 Å². The Balaban J connectivity index is 2.69. The molecule has 0 aliphatic rings. The van der Waals surface area contributed by atoms with Crippen molar-refractivity contribution in [3.63, 3.8) is 0 Å². The molecule has 1 N–H and O–H groups in total. The van der Waals surface area contributed by atoms with E-state index in [4.69, 9.17) is 8.94 Å². The summed E-state index contributed by atoms with van der Waals surface area (Å²) >= 11 is 0. The first-order chi connectivity index (χ1) is 7.34. The Morgan fingerprint density at radius 3 is 2.62 bits per heavy atom.